The second kappa shape index (κ2) is 9.81. The monoisotopic (exact) mass is 509 g/mol. The molecule has 1 saturated heterocycles. The predicted octanol–water partition coefficient (Wildman–Crippen LogP) is 4.78. The molecule has 1 N–H and O–H groups in total. The summed E-state index contributed by atoms with van der Waals surface area (Å²) >= 11 is 0. The lowest BCUT2D eigenvalue weighted by Crippen LogP contribution is -2.55. The van der Waals surface area contributed by atoms with E-state index in [9.17, 15) is 14.9 Å². The molecule has 1 aromatic carbocycles. The average Bonchev–Trinajstić information content (AvgIpc) is 3.54. The van der Waals surface area contributed by atoms with Crippen LogP contribution in [0.3, 0.4) is 0 Å². The number of piperidine rings is 1. The molecule has 4 atom stereocenters. The van der Waals surface area contributed by atoms with E-state index in [1.165, 1.54) is 11.0 Å². The maximum absolute atomic E-state index is 15.0. The van der Waals surface area contributed by atoms with Crippen LogP contribution in [-0.2, 0) is 21.5 Å². The van der Waals surface area contributed by atoms with Crippen LogP contribution in [0.1, 0.15) is 66.4 Å². The number of halogens is 1. The number of rotatable bonds is 5. The van der Waals surface area contributed by atoms with E-state index >= 15 is 4.39 Å². The fourth-order valence-corrected chi connectivity index (χ4v) is 5.24. The molecule has 9 heteroatoms. The first-order valence-electron chi connectivity index (χ1n) is 12.8. The van der Waals surface area contributed by atoms with Gasteiger partial charge in [0.1, 0.15) is 23.5 Å². The van der Waals surface area contributed by atoms with E-state index in [1.54, 1.807) is 39.1 Å². The molecule has 1 aliphatic heterocycles. The number of benzene rings is 1. The van der Waals surface area contributed by atoms with Crippen LogP contribution in [-0.4, -0.2) is 50.4 Å². The van der Waals surface area contributed by atoms with Crippen molar-refractivity contribution in [3.63, 3.8) is 0 Å². The Bertz CT molecular complexity index is 1220. The fraction of sp³-hybridized carbons (Fsp3) is 0.571. The summed E-state index contributed by atoms with van der Waals surface area (Å²) in [7, 11) is 0. The number of likely N-dealkylation sites (tertiary alicyclic amines) is 1. The smallest absolute Gasteiger partial charge is 0.411 e. The Morgan fingerprint density at radius 3 is 2.54 bits per heavy atom. The minimum absolute atomic E-state index is 0.0167. The van der Waals surface area contributed by atoms with Gasteiger partial charge in [0.15, 0.2) is 0 Å². The predicted molar refractivity (Wildman–Crippen MR) is 137 cm³/mol. The van der Waals surface area contributed by atoms with Crippen molar-refractivity contribution < 1.29 is 18.7 Å². The number of hydrogen-bond acceptors (Lipinski definition) is 5. The van der Waals surface area contributed by atoms with Gasteiger partial charge in [-0.15, -0.1) is 0 Å². The van der Waals surface area contributed by atoms with E-state index in [4.69, 9.17) is 4.74 Å². The van der Waals surface area contributed by atoms with Crippen LogP contribution in [0.5, 0.6) is 0 Å². The third kappa shape index (κ3) is 5.79. The molecule has 2 bridgehead atoms. The van der Waals surface area contributed by atoms with Gasteiger partial charge in [0, 0.05) is 24.2 Å². The van der Waals surface area contributed by atoms with Crippen LogP contribution in [0.15, 0.2) is 30.6 Å². The summed E-state index contributed by atoms with van der Waals surface area (Å²) in [6, 6.07) is 5.28. The number of nitrogens with zero attached hydrogens (tertiary/aromatic N) is 4. The number of aromatic nitrogens is 2. The molecule has 8 nitrogen and oxygen atoms in total. The molecule has 1 aromatic heterocycles. The first-order valence-corrected chi connectivity index (χ1v) is 12.8. The molecule has 0 unspecified atom stereocenters. The average molecular weight is 510 g/mol. The van der Waals surface area contributed by atoms with Crippen molar-refractivity contribution in [3.05, 3.63) is 42.0 Å². The molecule has 2 fully saturated rings. The summed E-state index contributed by atoms with van der Waals surface area (Å²) in [6.07, 6.45) is 5.51. The number of carbonyl (C=O) groups is 2. The Morgan fingerprint density at radius 1 is 1.22 bits per heavy atom. The molecule has 4 rings (SSSR count). The molecule has 1 saturated carbocycles. The molecular formula is C28H36FN5O3. The summed E-state index contributed by atoms with van der Waals surface area (Å²) in [5.74, 6) is -0.816. The van der Waals surface area contributed by atoms with Crippen LogP contribution < -0.4 is 5.32 Å². The van der Waals surface area contributed by atoms with Gasteiger partial charge in [-0.2, -0.15) is 10.4 Å². The van der Waals surface area contributed by atoms with Crippen LogP contribution in [0, 0.1) is 23.1 Å². The normalized spacial score (nSPS) is 22.0. The number of carbonyl (C=O) groups excluding carboxylic acids is 2. The Labute approximate surface area is 217 Å². The van der Waals surface area contributed by atoms with Crippen molar-refractivity contribution in [3.8, 4) is 17.2 Å². The zero-order valence-electron chi connectivity index (χ0n) is 22.4. The van der Waals surface area contributed by atoms with E-state index in [-0.39, 0.29) is 23.9 Å². The SMILES string of the molecule is CC(C)(C)OC(=O)N1[C@@H]2CC[C@@H](C2)[C@H]1C(=O)N[C@H](C#N)Cc1ccc(-c2cnn(C(C)(C)C)c2)cc1F. The van der Waals surface area contributed by atoms with Crippen molar-refractivity contribution in [2.75, 3.05) is 0 Å². The molecule has 0 spiro atoms. The number of fused-ring (bicyclic) bond motifs is 2. The van der Waals surface area contributed by atoms with Gasteiger partial charge in [0.25, 0.3) is 0 Å². The highest BCUT2D eigenvalue weighted by atomic mass is 19.1. The lowest BCUT2D eigenvalue weighted by molar-refractivity contribution is -0.128. The standard InChI is InChI=1S/C28H36FN5O3/c1-27(2,3)33-16-20(15-31-33)17-7-8-18(23(29)13-17)11-21(14-30)32-25(35)24-19-9-10-22(12-19)34(24)26(36)37-28(4,5)6/h7-8,13,15-16,19,21-22,24H,9-12H2,1-6H3,(H,32,35)/t19-,21-,22+,24-/m0/s1. The van der Waals surface area contributed by atoms with Gasteiger partial charge in [0.2, 0.25) is 5.91 Å². The minimum Gasteiger partial charge on any atom is -0.444 e. The summed E-state index contributed by atoms with van der Waals surface area (Å²) < 4.78 is 22.4. The van der Waals surface area contributed by atoms with Crippen molar-refractivity contribution >= 4 is 12.0 Å². The lowest BCUT2D eigenvalue weighted by atomic mass is 9.97. The van der Waals surface area contributed by atoms with E-state index in [0.29, 0.717) is 11.1 Å². The Morgan fingerprint density at radius 2 is 1.95 bits per heavy atom. The first kappa shape index (κ1) is 26.6. The molecule has 2 heterocycles. The zero-order valence-corrected chi connectivity index (χ0v) is 22.4. The van der Waals surface area contributed by atoms with Crippen LogP contribution in [0.4, 0.5) is 9.18 Å². The Kier molecular flexibility index (Phi) is 7.06. The Balaban J connectivity index is 1.45. The van der Waals surface area contributed by atoms with Crippen LogP contribution in [0.25, 0.3) is 11.1 Å². The van der Waals surface area contributed by atoms with Gasteiger partial charge in [-0.05, 0) is 83.9 Å². The molecular weight excluding hydrogens is 473 g/mol. The quantitative estimate of drug-likeness (QED) is 0.625. The summed E-state index contributed by atoms with van der Waals surface area (Å²) in [5.41, 5.74) is 0.945. The number of nitrogens with one attached hydrogen (secondary N) is 1. The van der Waals surface area contributed by atoms with Gasteiger partial charge in [-0.1, -0.05) is 12.1 Å². The summed E-state index contributed by atoms with van der Waals surface area (Å²) in [4.78, 5) is 27.7. The molecule has 37 heavy (non-hydrogen) atoms. The second-order valence-electron chi connectivity index (χ2n) is 12.1. The molecule has 1 aliphatic carbocycles. The first-order chi connectivity index (χ1) is 17.3. The molecule has 0 radical (unpaired) electrons. The number of nitriles is 1. The van der Waals surface area contributed by atoms with E-state index < -0.39 is 35.5 Å². The maximum atomic E-state index is 15.0. The molecule has 2 amide bonds. The fourth-order valence-electron chi connectivity index (χ4n) is 5.24. The minimum atomic E-state index is -0.934. The molecule has 2 aromatic rings. The zero-order chi connectivity index (χ0) is 27.1. The number of ether oxygens (including phenoxy) is 1. The van der Waals surface area contributed by atoms with E-state index in [2.05, 4.69) is 16.5 Å². The van der Waals surface area contributed by atoms with E-state index in [1.807, 2.05) is 31.6 Å². The van der Waals surface area contributed by atoms with Crippen molar-refractivity contribution in [1.82, 2.24) is 20.0 Å². The van der Waals surface area contributed by atoms with Gasteiger partial charge in [0.05, 0.1) is 17.8 Å². The third-order valence-corrected chi connectivity index (χ3v) is 7.01. The topological polar surface area (TPSA) is 100 Å². The van der Waals surface area contributed by atoms with E-state index in [0.717, 1.165) is 24.8 Å². The summed E-state index contributed by atoms with van der Waals surface area (Å²) in [6.45, 7) is 11.5. The highest BCUT2D eigenvalue weighted by Gasteiger charge is 2.52. The number of hydrogen-bond donors (Lipinski definition) is 1. The summed E-state index contributed by atoms with van der Waals surface area (Å²) in [5, 5.41) is 16.9. The largest absolute Gasteiger partial charge is 0.444 e. The van der Waals surface area contributed by atoms with Crippen LogP contribution >= 0.6 is 0 Å². The molecule has 198 valence electrons. The van der Waals surface area contributed by atoms with Gasteiger partial charge < -0.3 is 10.1 Å². The van der Waals surface area contributed by atoms with Crippen molar-refractivity contribution in [1.29, 1.82) is 5.26 Å². The van der Waals surface area contributed by atoms with Gasteiger partial charge in [-0.25, -0.2) is 9.18 Å². The van der Waals surface area contributed by atoms with Crippen LogP contribution in [0.2, 0.25) is 0 Å². The third-order valence-electron chi connectivity index (χ3n) is 7.01. The number of amides is 2. The molecule has 2 aliphatic rings. The lowest BCUT2D eigenvalue weighted by Gasteiger charge is -2.35. The van der Waals surface area contributed by atoms with Crippen molar-refractivity contribution in [2.24, 2.45) is 5.92 Å². The second-order valence-corrected chi connectivity index (χ2v) is 12.1. The highest BCUT2D eigenvalue weighted by molar-refractivity contribution is 5.87. The highest BCUT2D eigenvalue weighted by Crippen LogP contribution is 2.43. The van der Waals surface area contributed by atoms with Crippen molar-refractivity contribution in [2.45, 2.75) is 96.5 Å². The van der Waals surface area contributed by atoms with Gasteiger partial charge >= 0.3 is 6.09 Å². The van der Waals surface area contributed by atoms with Gasteiger partial charge in [-0.3, -0.25) is 14.4 Å². The Hall–Kier alpha value is -3.41. The maximum Gasteiger partial charge on any atom is 0.411 e.